The van der Waals surface area contributed by atoms with Crippen LogP contribution in [0.25, 0.3) is 16.0 Å². The van der Waals surface area contributed by atoms with Crippen LogP contribution in [0.5, 0.6) is 0 Å². The zero-order valence-corrected chi connectivity index (χ0v) is 16.1. The fourth-order valence-electron chi connectivity index (χ4n) is 2.79. The maximum Gasteiger partial charge on any atom is 0.272 e. The molecule has 28 heavy (non-hydrogen) atoms. The first kappa shape index (κ1) is 18.6. The van der Waals surface area contributed by atoms with Crippen LogP contribution >= 0.6 is 23.1 Å². The molecule has 4 rings (SSSR count). The summed E-state index contributed by atoms with van der Waals surface area (Å²) in [5.41, 5.74) is 0.443. The molecule has 0 aliphatic heterocycles. The van der Waals surface area contributed by atoms with Crippen molar-refractivity contribution < 1.29 is 13.6 Å². The predicted octanol–water partition coefficient (Wildman–Crippen LogP) is 3.13. The smallest absolute Gasteiger partial charge is 0.272 e. The van der Waals surface area contributed by atoms with E-state index in [0.717, 1.165) is 23.9 Å². The van der Waals surface area contributed by atoms with Crippen LogP contribution in [0.2, 0.25) is 0 Å². The number of rotatable bonds is 5. The summed E-state index contributed by atoms with van der Waals surface area (Å²) < 4.78 is 30.5. The number of fused-ring (bicyclic) bond motifs is 3. The summed E-state index contributed by atoms with van der Waals surface area (Å²) in [6, 6.07) is 4.73. The van der Waals surface area contributed by atoms with Crippen LogP contribution in [-0.2, 0) is 11.3 Å². The van der Waals surface area contributed by atoms with E-state index in [0.29, 0.717) is 33.8 Å². The fraction of sp³-hybridized carbons (Fsp3) is 0.176. The lowest BCUT2D eigenvalue weighted by Crippen LogP contribution is -2.21. The van der Waals surface area contributed by atoms with E-state index in [9.17, 15) is 18.4 Å². The van der Waals surface area contributed by atoms with Crippen molar-refractivity contribution >= 4 is 50.7 Å². The van der Waals surface area contributed by atoms with Gasteiger partial charge in [-0.05, 0) is 30.5 Å². The number of aromatic nitrogens is 4. The summed E-state index contributed by atoms with van der Waals surface area (Å²) in [7, 11) is 0. The van der Waals surface area contributed by atoms with Gasteiger partial charge >= 0.3 is 0 Å². The van der Waals surface area contributed by atoms with Crippen LogP contribution in [-0.4, -0.2) is 30.8 Å². The second-order valence-corrected chi connectivity index (χ2v) is 7.62. The number of carbonyl (C=O) groups excluding carboxylic acids is 1. The highest BCUT2D eigenvalue weighted by atomic mass is 32.2. The van der Waals surface area contributed by atoms with Gasteiger partial charge in [0.05, 0.1) is 17.0 Å². The number of hydrogen-bond acceptors (Lipinski definition) is 6. The van der Waals surface area contributed by atoms with Gasteiger partial charge in [0.25, 0.3) is 5.56 Å². The number of benzene rings is 1. The Morgan fingerprint density at radius 3 is 2.86 bits per heavy atom. The number of halogens is 2. The molecule has 0 saturated heterocycles. The van der Waals surface area contributed by atoms with Crippen LogP contribution in [0.1, 0.15) is 6.92 Å². The van der Waals surface area contributed by atoms with Crippen molar-refractivity contribution in [2.45, 2.75) is 18.6 Å². The standard InChI is InChI=1S/C17H13F2N5O2S2/c1-2-23-15(26)14-12(5-6-27-14)24-16(23)21-22-17(24)28-8-13(25)20-11-4-3-9(18)7-10(11)19/h3-7H,2,8H2,1H3,(H,20,25). The molecular weight excluding hydrogens is 408 g/mol. The van der Waals surface area contributed by atoms with E-state index >= 15 is 0 Å². The van der Waals surface area contributed by atoms with Gasteiger partial charge in [-0.25, -0.2) is 8.78 Å². The van der Waals surface area contributed by atoms with Crippen LogP contribution < -0.4 is 10.9 Å². The zero-order valence-electron chi connectivity index (χ0n) is 14.5. The molecule has 0 aliphatic rings. The summed E-state index contributed by atoms with van der Waals surface area (Å²) in [4.78, 5) is 24.7. The second kappa shape index (κ2) is 7.32. The van der Waals surface area contributed by atoms with E-state index in [1.165, 1.54) is 15.9 Å². The van der Waals surface area contributed by atoms with Crippen LogP contribution in [0.3, 0.4) is 0 Å². The largest absolute Gasteiger partial charge is 0.323 e. The SMILES string of the molecule is CCn1c(=O)c2sccc2n2c(SCC(=O)Nc3ccc(F)cc3F)nnc12. The van der Waals surface area contributed by atoms with Gasteiger partial charge in [-0.15, -0.1) is 21.5 Å². The first-order valence-corrected chi connectivity index (χ1v) is 10.1. The van der Waals surface area contributed by atoms with E-state index in [2.05, 4.69) is 15.5 Å². The highest BCUT2D eigenvalue weighted by Crippen LogP contribution is 2.24. The molecule has 4 aromatic rings. The molecule has 0 radical (unpaired) electrons. The molecule has 0 saturated carbocycles. The van der Waals surface area contributed by atoms with Crippen molar-refractivity contribution in [3.63, 3.8) is 0 Å². The molecule has 0 atom stereocenters. The monoisotopic (exact) mass is 421 g/mol. The van der Waals surface area contributed by atoms with Crippen molar-refractivity contribution in [1.29, 1.82) is 0 Å². The number of nitrogens with zero attached hydrogens (tertiary/aromatic N) is 4. The average molecular weight is 421 g/mol. The van der Waals surface area contributed by atoms with Crippen molar-refractivity contribution in [2.24, 2.45) is 0 Å². The number of thiophene rings is 1. The molecular formula is C17H13F2N5O2S2. The molecule has 0 unspecified atom stereocenters. The number of nitrogens with one attached hydrogen (secondary N) is 1. The number of anilines is 1. The second-order valence-electron chi connectivity index (χ2n) is 5.76. The lowest BCUT2D eigenvalue weighted by Gasteiger charge is -2.07. The summed E-state index contributed by atoms with van der Waals surface area (Å²) in [5, 5.41) is 12.8. The maximum absolute atomic E-state index is 13.7. The summed E-state index contributed by atoms with van der Waals surface area (Å²) >= 11 is 2.44. The van der Waals surface area contributed by atoms with E-state index in [1.807, 2.05) is 12.3 Å². The Hall–Kier alpha value is -2.79. The summed E-state index contributed by atoms with van der Waals surface area (Å²) in [5.74, 6) is -1.71. The molecule has 1 amide bonds. The van der Waals surface area contributed by atoms with Gasteiger partial charge in [0, 0.05) is 12.6 Å². The Kier molecular flexibility index (Phi) is 4.85. The summed E-state index contributed by atoms with van der Waals surface area (Å²) in [6.45, 7) is 2.27. The third-order valence-electron chi connectivity index (χ3n) is 4.04. The summed E-state index contributed by atoms with van der Waals surface area (Å²) in [6.07, 6.45) is 0. The zero-order chi connectivity index (χ0) is 19.8. The normalized spacial score (nSPS) is 11.4. The number of hydrogen-bond donors (Lipinski definition) is 1. The fourth-order valence-corrected chi connectivity index (χ4v) is 4.35. The highest BCUT2D eigenvalue weighted by Gasteiger charge is 2.18. The number of amides is 1. The Morgan fingerprint density at radius 2 is 2.11 bits per heavy atom. The molecule has 0 bridgehead atoms. The third kappa shape index (κ3) is 3.16. The number of thioether (sulfide) groups is 1. The molecule has 7 nitrogen and oxygen atoms in total. The highest BCUT2D eigenvalue weighted by molar-refractivity contribution is 7.99. The lowest BCUT2D eigenvalue weighted by molar-refractivity contribution is -0.113. The molecule has 1 aromatic carbocycles. The van der Waals surface area contributed by atoms with Crippen LogP contribution in [0.15, 0.2) is 39.6 Å². The molecule has 11 heteroatoms. The Labute approximate surface area is 165 Å². The molecule has 3 aromatic heterocycles. The van der Waals surface area contributed by atoms with Gasteiger partial charge in [0.15, 0.2) is 5.16 Å². The van der Waals surface area contributed by atoms with Crippen LogP contribution in [0.4, 0.5) is 14.5 Å². The molecule has 3 heterocycles. The van der Waals surface area contributed by atoms with Gasteiger partial charge in [-0.1, -0.05) is 11.8 Å². The first-order chi connectivity index (χ1) is 13.5. The van der Waals surface area contributed by atoms with Crippen molar-refractivity contribution in [2.75, 3.05) is 11.1 Å². The van der Waals surface area contributed by atoms with Crippen LogP contribution in [0, 0.1) is 11.6 Å². The predicted molar refractivity (Wildman–Crippen MR) is 104 cm³/mol. The Morgan fingerprint density at radius 1 is 1.29 bits per heavy atom. The average Bonchev–Trinajstić information content (AvgIpc) is 3.30. The quantitative estimate of drug-likeness (QED) is 0.501. The van der Waals surface area contributed by atoms with Crippen molar-refractivity contribution in [3.05, 3.63) is 51.6 Å². The Bertz CT molecular complexity index is 1260. The number of aryl methyl sites for hydroxylation is 1. The van der Waals surface area contributed by atoms with Gasteiger partial charge in [-0.2, -0.15) is 0 Å². The van der Waals surface area contributed by atoms with E-state index < -0.39 is 17.5 Å². The van der Waals surface area contributed by atoms with Crippen molar-refractivity contribution in [1.82, 2.24) is 19.2 Å². The molecule has 144 valence electrons. The first-order valence-electron chi connectivity index (χ1n) is 8.22. The van der Waals surface area contributed by atoms with Gasteiger partial charge in [0.2, 0.25) is 11.7 Å². The van der Waals surface area contributed by atoms with Gasteiger partial charge in [0.1, 0.15) is 16.3 Å². The van der Waals surface area contributed by atoms with Crippen molar-refractivity contribution in [3.8, 4) is 0 Å². The number of carbonyl (C=O) groups is 1. The third-order valence-corrected chi connectivity index (χ3v) is 5.86. The minimum absolute atomic E-state index is 0.0610. The molecule has 1 N–H and O–H groups in total. The van der Waals surface area contributed by atoms with E-state index in [4.69, 9.17) is 0 Å². The molecule has 0 fully saturated rings. The van der Waals surface area contributed by atoms with Gasteiger partial charge in [-0.3, -0.25) is 18.6 Å². The minimum atomic E-state index is -0.849. The lowest BCUT2D eigenvalue weighted by atomic mass is 10.3. The maximum atomic E-state index is 13.7. The van der Waals surface area contributed by atoms with E-state index in [1.54, 1.807) is 10.5 Å². The topological polar surface area (TPSA) is 81.3 Å². The molecule has 0 aliphatic carbocycles. The Balaban J connectivity index is 1.61. The van der Waals surface area contributed by atoms with E-state index in [-0.39, 0.29) is 17.0 Å². The minimum Gasteiger partial charge on any atom is -0.323 e. The van der Waals surface area contributed by atoms with Gasteiger partial charge < -0.3 is 5.32 Å². The molecule has 0 spiro atoms.